The van der Waals surface area contributed by atoms with Crippen LogP contribution in [0.2, 0.25) is 0 Å². The summed E-state index contributed by atoms with van der Waals surface area (Å²) in [5.41, 5.74) is -3.14. The molecule has 9 heteroatoms. The maximum Gasteiger partial charge on any atom is 0.417 e. The van der Waals surface area contributed by atoms with Crippen LogP contribution < -0.4 is 0 Å². The quantitative estimate of drug-likeness (QED) is 0.637. The number of hydrogen-bond acceptors (Lipinski definition) is 4. The number of sulfone groups is 1. The third-order valence-electron chi connectivity index (χ3n) is 2.98. The molecule has 0 aliphatic carbocycles. The van der Waals surface area contributed by atoms with Gasteiger partial charge in [0, 0.05) is 7.11 Å². The maximum absolute atomic E-state index is 13.0. The van der Waals surface area contributed by atoms with Gasteiger partial charge in [-0.3, -0.25) is 0 Å². The molecule has 1 aromatic rings. The van der Waals surface area contributed by atoms with Crippen molar-refractivity contribution in [3.05, 3.63) is 29.6 Å². The van der Waals surface area contributed by atoms with Gasteiger partial charge in [0.15, 0.2) is 5.44 Å². The monoisotopic (exact) mass is 344 g/mol. The minimum absolute atomic E-state index is 0.0281. The molecule has 0 aromatic heterocycles. The van der Waals surface area contributed by atoms with Crippen molar-refractivity contribution in [1.29, 1.82) is 0 Å². The van der Waals surface area contributed by atoms with Crippen LogP contribution in [0.3, 0.4) is 0 Å². The molecule has 0 bridgehead atoms. The average molecular weight is 344 g/mol. The predicted molar refractivity (Wildman–Crippen MR) is 70.3 cm³/mol. The molecule has 1 N–H and O–H groups in total. The molecular weight excluding hydrogens is 328 g/mol. The van der Waals surface area contributed by atoms with E-state index in [1.54, 1.807) is 0 Å². The topological polar surface area (TPSA) is 63.6 Å². The highest BCUT2D eigenvalue weighted by atomic mass is 32.2. The van der Waals surface area contributed by atoms with Crippen LogP contribution in [0.15, 0.2) is 23.1 Å². The van der Waals surface area contributed by atoms with Crippen LogP contribution in [0.25, 0.3) is 0 Å². The van der Waals surface area contributed by atoms with E-state index in [0.717, 1.165) is 7.11 Å². The Morgan fingerprint density at radius 2 is 1.86 bits per heavy atom. The molecule has 0 saturated carbocycles. The third kappa shape index (κ3) is 4.40. The number of ether oxygens (including phenoxy) is 1. The average Bonchev–Trinajstić information content (AvgIpc) is 2.37. The molecule has 0 aliphatic heterocycles. The minimum atomic E-state index is -5.02. The Bertz CT molecular complexity index is 611. The minimum Gasteiger partial charge on any atom is -0.393 e. The largest absolute Gasteiger partial charge is 0.417 e. The summed E-state index contributed by atoms with van der Waals surface area (Å²) in [7, 11) is -3.45. The Morgan fingerprint density at radius 1 is 1.27 bits per heavy atom. The number of halogens is 4. The highest BCUT2D eigenvalue weighted by Gasteiger charge is 2.40. The van der Waals surface area contributed by atoms with Crippen LogP contribution in [0.4, 0.5) is 17.6 Å². The Labute approximate surface area is 125 Å². The number of benzene rings is 1. The molecule has 0 spiro atoms. The van der Waals surface area contributed by atoms with E-state index in [0.29, 0.717) is 12.1 Å². The number of methoxy groups -OCH3 is 1. The third-order valence-corrected chi connectivity index (χ3v) is 5.07. The van der Waals surface area contributed by atoms with Gasteiger partial charge < -0.3 is 9.84 Å². The molecule has 2 unspecified atom stereocenters. The van der Waals surface area contributed by atoms with Crippen molar-refractivity contribution in [2.45, 2.75) is 42.4 Å². The Hall–Kier alpha value is -1.19. The molecule has 0 fully saturated rings. The van der Waals surface area contributed by atoms with Gasteiger partial charge in [-0.2, -0.15) is 13.2 Å². The van der Waals surface area contributed by atoms with E-state index in [1.807, 2.05) is 0 Å². The molecule has 126 valence electrons. The SMILES string of the molecule is COC(CCC(C)O)S(=O)(=O)c1ccc(F)cc1C(F)(F)F. The van der Waals surface area contributed by atoms with E-state index >= 15 is 0 Å². The van der Waals surface area contributed by atoms with Crippen molar-refractivity contribution < 1.29 is 35.8 Å². The van der Waals surface area contributed by atoms with Crippen LogP contribution in [-0.4, -0.2) is 32.2 Å². The van der Waals surface area contributed by atoms with Crippen LogP contribution >= 0.6 is 0 Å². The van der Waals surface area contributed by atoms with Gasteiger partial charge in [-0.1, -0.05) is 0 Å². The molecule has 0 amide bonds. The van der Waals surface area contributed by atoms with Crippen LogP contribution in [0.1, 0.15) is 25.3 Å². The zero-order chi connectivity index (χ0) is 17.1. The highest BCUT2D eigenvalue weighted by molar-refractivity contribution is 7.92. The first-order valence-electron chi connectivity index (χ1n) is 6.31. The molecule has 2 atom stereocenters. The first-order chi connectivity index (χ1) is 10.00. The lowest BCUT2D eigenvalue weighted by Gasteiger charge is -2.20. The Balaban J connectivity index is 3.33. The van der Waals surface area contributed by atoms with Gasteiger partial charge in [-0.25, -0.2) is 12.8 Å². The zero-order valence-electron chi connectivity index (χ0n) is 11.9. The lowest BCUT2D eigenvalue weighted by molar-refractivity contribution is -0.140. The van der Waals surface area contributed by atoms with Gasteiger partial charge in [0.1, 0.15) is 5.82 Å². The maximum atomic E-state index is 13.0. The van der Waals surface area contributed by atoms with Crippen molar-refractivity contribution in [2.75, 3.05) is 7.11 Å². The number of rotatable bonds is 6. The van der Waals surface area contributed by atoms with E-state index in [9.17, 15) is 31.1 Å². The summed E-state index contributed by atoms with van der Waals surface area (Å²) >= 11 is 0. The van der Waals surface area contributed by atoms with Crippen molar-refractivity contribution in [3.8, 4) is 0 Å². The van der Waals surface area contributed by atoms with Gasteiger partial charge in [0.25, 0.3) is 0 Å². The fourth-order valence-electron chi connectivity index (χ4n) is 1.89. The summed E-state index contributed by atoms with van der Waals surface area (Å²) in [6.07, 6.45) is -6.01. The molecule has 1 rings (SSSR count). The molecule has 1 aromatic carbocycles. The molecule has 22 heavy (non-hydrogen) atoms. The normalized spacial score (nSPS) is 15.6. The molecule has 0 radical (unpaired) electrons. The molecule has 0 heterocycles. The highest BCUT2D eigenvalue weighted by Crippen LogP contribution is 2.36. The van der Waals surface area contributed by atoms with Crippen LogP contribution in [0.5, 0.6) is 0 Å². The van der Waals surface area contributed by atoms with Gasteiger partial charge in [0.2, 0.25) is 9.84 Å². The summed E-state index contributed by atoms with van der Waals surface area (Å²) in [4.78, 5) is -1.04. The smallest absolute Gasteiger partial charge is 0.393 e. The standard InChI is InChI=1S/C13H16F4O4S/c1-8(18)3-6-12(21-2)22(19,20)11-5-4-9(14)7-10(11)13(15,16)17/h4-5,7-8,12,18H,3,6H2,1-2H3. The fourth-order valence-corrected chi connectivity index (χ4v) is 3.61. The van der Waals surface area contributed by atoms with E-state index in [4.69, 9.17) is 4.74 Å². The molecular formula is C13H16F4O4S. The fraction of sp³-hybridized carbons (Fsp3) is 0.538. The summed E-state index contributed by atoms with van der Waals surface area (Å²) in [6.45, 7) is 1.42. The second-order valence-corrected chi connectivity index (χ2v) is 6.83. The zero-order valence-corrected chi connectivity index (χ0v) is 12.7. The molecule has 0 saturated heterocycles. The summed E-state index contributed by atoms with van der Waals surface area (Å²) in [5, 5.41) is 9.17. The van der Waals surface area contributed by atoms with Crippen LogP contribution in [0, 0.1) is 5.82 Å². The van der Waals surface area contributed by atoms with Gasteiger partial charge in [0.05, 0.1) is 16.6 Å². The molecule has 0 aliphatic rings. The van der Waals surface area contributed by atoms with E-state index in [1.165, 1.54) is 6.92 Å². The Morgan fingerprint density at radius 3 is 2.32 bits per heavy atom. The second kappa shape index (κ2) is 6.93. The summed E-state index contributed by atoms with van der Waals surface area (Å²) in [5.74, 6) is -1.19. The lowest BCUT2D eigenvalue weighted by Crippen LogP contribution is -2.27. The van der Waals surface area contributed by atoms with Crippen molar-refractivity contribution in [2.24, 2.45) is 0 Å². The number of alkyl halides is 3. The Kier molecular flexibility index (Phi) is 5.94. The first kappa shape index (κ1) is 18.9. The molecule has 4 nitrogen and oxygen atoms in total. The van der Waals surface area contributed by atoms with E-state index in [2.05, 4.69) is 0 Å². The van der Waals surface area contributed by atoms with Crippen LogP contribution in [-0.2, 0) is 20.8 Å². The van der Waals surface area contributed by atoms with Gasteiger partial charge >= 0.3 is 6.18 Å². The van der Waals surface area contributed by atoms with E-state index < -0.39 is 43.8 Å². The van der Waals surface area contributed by atoms with E-state index in [-0.39, 0.29) is 18.9 Å². The first-order valence-corrected chi connectivity index (χ1v) is 7.86. The van der Waals surface area contributed by atoms with Crippen molar-refractivity contribution in [3.63, 3.8) is 0 Å². The predicted octanol–water partition coefficient (Wildman–Crippen LogP) is 2.75. The van der Waals surface area contributed by atoms with Crippen molar-refractivity contribution >= 4 is 9.84 Å². The second-order valence-electron chi connectivity index (χ2n) is 4.77. The summed E-state index contributed by atoms with van der Waals surface area (Å²) < 4.78 is 81.2. The summed E-state index contributed by atoms with van der Waals surface area (Å²) in [6, 6.07) is 1.35. The number of hydrogen-bond donors (Lipinski definition) is 1. The van der Waals surface area contributed by atoms with Gasteiger partial charge in [-0.15, -0.1) is 0 Å². The number of aliphatic hydroxyl groups excluding tert-OH is 1. The number of aliphatic hydroxyl groups is 1. The lowest BCUT2D eigenvalue weighted by atomic mass is 10.2. The van der Waals surface area contributed by atoms with Crippen molar-refractivity contribution in [1.82, 2.24) is 0 Å². The van der Waals surface area contributed by atoms with Gasteiger partial charge in [-0.05, 0) is 38.0 Å².